The van der Waals surface area contributed by atoms with Gasteiger partial charge >= 0.3 is 5.97 Å². The molecule has 0 aromatic carbocycles. The second-order valence-corrected chi connectivity index (χ2v) is 5.62. The zero-order chi connectivity index (χ0) is 13.0. The third-order valence-corrected chi connectivity index (χ3v) is 4.32. The number of carboxylic acids is 1. The number of hydrogen-bond donors (Lipinski definition) is 2. The predicted octanol–water partition coefficient (Wildman–Crippen LogP) is 2.51. The van der Waals surface area contributed by atoms with Crippen LogP contribution in [0.25, 0.3) is 0 Å². The third kappa shape index (κ3) is 2.72. The molecule has 2 rings (SSSR count). The van der Waals surface area contributed by atoms with Crippen LogP contribution >= 0.6 is 11.3 Å². The Hall–Kier alpha value is -1.36. The molecule has 1 aliphatic carbocycles. The number of hydrogen-bond acceptors (Lipinski definition) is 3. The van der Waals surface area contributed by atoms with Gasteiger partial charge < -0.3 is 10.4 Å². The first-order valence-electron chi connectivity index (χ1n) is 6.18. The van der Waals surface area contributed by atoms with Crippen molar-refractivity contribution in [1.82, 2.24) is 5.32 Å². The van der Waals surface area contributed by atoms with Crippen molar-refractivity contribution in [1.29, 1.82) is 0 Å². The summed E-state index contributed by atoms with van der Waals surface area (Å²) in [5.74, 6) is -0.963. The molecule has 1 saturated carbocycles. The van der Waals surface area contributed by atoms with E-state index < -0.39 is 11.4 Å². The van der Waals surface area contributed by atoms with E-state index in [0.29, 0.717) is 18.4 Å². The number of aliphatic carboxylic acids is 1. The molecule has 18 heavy (non-hydrogen) atoms. The molecule has 2 N–H and O–H groups in total. The highest BCUT2D eigenvalue weighted by Gasteiger charge is 2.39. The first kappa shape index (κ1) is 13.1. The molecule has 0 spiro atoms. The minimum atomic E-state index is -0.784. The fourth-order valence-electron chi connectivity index (χ4n) is 2.44. The Labute approximate surface area is 110 Å². The van der Waals surface area contributed by atoms with Crippen molar-refractivity contribution in [2.75, 3.05) is 6.54 Å². The van der Waals surface area contributed by atoms with E-state index >= 15 is 0 Å². The van der Waals surface area contributed by atoms with Crippen LogP contribution in [0.15, 0.2) is 16.8 Å². The van der Waals surface area contributed by atoms with Crippen molar-refractivity contribution in [3.8, 4) is 0 Å². The van der Waals surface area contributed by atoms with Crippen LogP contribution in [0.5, 0.6) is 0 Å². The molecule has 0 aliphatic heterocycles. The highest BCUT2D eigenvalue weighted by molar-refractivity contribution is 7.08. The van der Waals surface area contributed by atoms with Gasteiger partial charge in [0.1, 0.15) is 0 Å². The number of amides is 1. The van der Waals surface area contributed by atoms with Crippen LogP contribution in [0.3, 0.4) is 0 Å². The molecule has 0 unspecified atom stereocenters. The Morgan fingerprint density at radius 2 is 2.06 bits per heavy atom. The Morgan fingerprint density at radius 1 is 1.33 bits per heavy atom. The van der Waals surface area contributed by atoms with E-state index in [1.54, 1.807) is 11.4 Å². The number of thiophene rings is 1. The van der Waals surface area contributed by atoms with E-state index in [-0.39, 0.29) is 12.5 Å². The molecule has 1 aromatic heterocycles. The number of rotatable bonds is 4. The van der Waals surface area contributed by atoms with Crippen molar-refractivity contribution in [2.45, 2.75) is 32.1 Å². The lowest BCUT2D eigenvalue weighted by Crippen LogP contribution is -2.44. The molecule has 0 bridgehead atoms. The Morgan fingerprint density at radius 3 is 2.61 bits per heavy atom. The standard InChI is InChI=1S/C13H17NO3S/c15-11(10-4-7-18-8-10)14-9-13(12(16)17)5-2-1-3-6-13/h4,7-8H,1-3,5-6,9H2,(H,14,15)(H,16,17). The Kier molecular flexibility index (Phi) is 4.01. The van der Waals surface area contributed by atoms with Gasteiger partial charge in [0.25, 0.3) is 5.91 Å². The van der Waals surface area contributed by atoms with Gasteiger partial charge in [0.05, 0.1) is 5.41 Å². The number of carbonyl (C=O) groups excluding carboxylic acids is 1. The van der Waals surface area contributed by atoms with Crippen LogP contribution in [0.2, 0.25) is 0 Å². The predicted molar refractivity (Wildman–Crippen MR) is 69.8 cm³/mol. The maximum Gasteiger partial charge on any atom is 0.311 e. The van der Waals surface area contributed by atoms with Gasteiger partial charge in [-0.1, -0.05) is 19.3 Å². The molecule has 1 amide bonds. The van der Waals surface area contributed by atoms with Gasteiger partial charge in [-0.2, -0.15) is 11.3 Å². The number of carboxylic acid groups (broad SMARTS) is 1. The average molecular weight is 267 g/mol. The lowest BCUT2D eigenvalue weighted by Gasteiger charge is -2.33. The monoisotopic (exact) mass is 267 g/mol. The summed E-state index contributed by atoms with van der Waals surface area (Å²) in [5, 5.41) is 15.8. The Bertz CT molecular complexity index is 421. The van der Waals surface area contributed by atoms with E-state index in [4.69, 9.17) is 0 Å². The van der Waals surface area contributed by atoms with E-state index in [1.807, 2.05) is 5.38 Å². The van der Waals surface area contributed by atoms with Gasteiger partial charge in [-0.3, -0.25) is 9.59 Å². The zero-order valence-corrected chi connectivity index (χ0v) is 11.0. The lowest BCUT2D eigenvalue weighted by molar-refractivity contribution is -0.150. The molecule has 1 fully saturated rings. The van der Waals surface area contributed by atoms with Crippen molar-refractivity contribution in [2.24, 2.45) is 5.41 Å². The molecule has 4 nitrogen and oxygen atoms in total. The van der Waals surface area contributed by atoms with Gasteiger partial charge in [0.15, 0.2) is 0 Å². The van der Waals surface area contributed by atoms with Crippen molar-refractivity contribution < 1.29 is 14.7 Å². The maximum atomic E-state index is 11.8. The summed E-state index contributed by atoms with van der Waals surface area (Å²) >= 11 is 1.46. The molecule has 1 heterocycles. The van der Waals surface area contributed by atoms with Crippen molar-refractivity contribution in [3.05, 3.63) is 22.4 Å². The van der Waals surface area contributed by atoms with Crippen molar-refractivity contribution in [3.63, 3.8) is 0 Å². The van der Waals surface area contributed by atoms with E-state index in [0.717, 1.165) is 19.3 Å². The van der Waals surface area contributed by atoms with Crippen LogP contribution in [0.4, 0.5) is 0 Å². The summed E-state index contributed by atoms with van der Waals surface area (Å²) in [6, 6.07) is 1.74. The number of nitrogens with one attached hydrogen (secondary N) is 1. The van der Waals surface area contributed by atoms with Crippen LogP contribution in [0.1, 0.15) is 42.5 Å². The van der Waals surface area contributed by atoms with Crippen LogP contribution < -0.4 is 5.32 Å². The molecular formula is C13H17NO3S. The highest BCUT2D eigenvalue weighted by Crippen LogP contribution is 2.36. The van der Waals surface area contributed by atoms with Crippen LogP contribution in [-0.2, 0) is 4.79 Å². The SMILES string of the molecule is O=C(NCC1(C(=O)O)CCCCC1)c1ccsc1. The first-order valence-corrected chi connectivity index (χ1v) is 7.12. The lowest BCUT2D eigenvalue weighted by atomic mass is 9.74. The van der Waals surface area contributed by atoms with Crippen molar-refractivity contribution >= 4 is 23.2 Å². The molecule has 98 valence electrons. The summed E-state index contributed by atoms with van der Waals surface area (Å²) < 4.78 is 0. The van der Waals surface area contributed by atoms with Crippen LogP contribution in [0, 0.1) is 5.41 Å². The summed E-state index contributed by atoms with van der Waals surface area (Å²) in [4.78, 5) is 23.2. The van der Waals surface area contributed by atoms with Gasteiger partial charge in [-0.05, 0) is 24.3 Å². The minimum absolute atomic E-state index is 0.178. The molecule has 1 aromatic rings. The van der Waals surface area contributed by atoms with E-state index in [9.17, 15) is 14.7 Å². The molecule has 0 radical (unpaired) electrons. The largest absolute Gasteiger partial charge is 0.481 e. The third-order valence-electron chi connectivity index (χ3n) is 3.64. The summed E-state index contributed by atoms with van der Waals surface area (Å²) in [6.45, 7) is 0.233. The molecule has 0 atom stereocenters. The van der Waals surface area contributed by atoms with Crippen LogP contribution in [-0.4, -0.2) is 23.5 Å². The molecule has 1 aliphatic rings. The number of carbonyl (C=O) groups is 2. The smallest absolute Gasteiger partial charge is 0.311 e. The van der Waals surface area contributed by atoms with E-state index in [2.05, 4.69) is 5.32 Å². The fraction of sp³-hybridized carbons (Fsp3) is 0.538. The zero-order valence-electron chi connectivity index (χ0n) is 10.1. The fourth-order valence-corrected chi connectivity index (χ4v) is 3.08. The van der Waals surface area contributed by atoms with Gasteiger partial charge in [-0.25, -0.2) is 0 Å². The van der Waals surface area contributed by atoms with Gasteiger partial charge in [0, 0.05) is 17.5 Å². The maximum absolute atomic E-state index is 11.8. The second kappa shape index (κ2) is 5.52. The summed E-state index contributed by atoms with van der Waals surface area (Å²) in [5.41, 5.74) is -0.152. The Balaban J connectivity index is 1.98. The second-order valence-electron chi connectivity index (χ2n) is 4.84. The molecule has 5 heteroatoms. The summed E-state index contributed by atoms with van der Waals surface area (Å²) in [6.07, 6.45) is 4.27. The topological polar surface area (TPSA) is 66.4 Å². The van der Waals surface area contributed by atoms with Gasteiger partial charge in [0.2, 0.25) is 0 Å². The normalized spacial score (nSPS) is 18.2. The van der Waals surface area contributed by atoms with E-state index in [1.165, 1.54) is 11.3 Å². The highest BCUT2D eigenvalue weighted by atomic mass is 32.1. The minimum Gasteiger partial charge on any atom is -0.481 e. The van der Waals surface area contributed by atoms with Gasteiger partial charge in [-0.15, -0.1) is 0 Å². The summed E-state index contributed by atoms with van der Waals surface area (Å²) in [7, 11) is 0. The molecular weight excluding hydrogens is 250 g/mol. The quantitative estimate of drug-likeness (QED) is 0.881. The first-order chi connectivity index (χ1) is 8.64. The molecule has 0 saturated heterocycles. The average Bonchev–Trinajstić information content (AvgIpc) is 2.91.